The zero-order chi connectivity index (χ0) is 23.5. The van der Waals surface area contributed by atoms with Gasteiger partial charge in [0.1, 0.15) is 17.6 Å². The van der Waals surface area contributed by atoms with E-state index in [2.05, 4.69) is 26.1 Å². The Kier molecular flexibility index (Phi) is 6.64. The smallest absolute Gasteiger partial charge is 0.410 e. The highest BCUT2D eigenvalue weighted by molar-refractivity contribution is 7.09. The van der Waals surface area contributed by atoms with Crippen LogP contribution < -0.4 is 5.32 Å². The van der Waals surface area contributed by atoms with Gasteiger partial charge in [0.25, 0.3) is 0 Å². The number of ether oxygens (including phenoxy) is 1. The Morgan fingerprint density at radius 3 is 2.85 bits per heavy atom. The minimum Gasteiger partial charge on any atom is -0.445 e. The second-order valence-electron chi connectivity index (χ2n) is 8.51. The van der Waals surface area contributed by atoms with Gasteiger partial charge in [-0.3, -0.25) is 0 Å². The van der Waals surface area contributed by atoms with Crippen LogP contribution in [0.3, 0.4) is 0 Å². The van der Waals surface area contributed by atoms with Gasteiger partial charge in [-0.2, -0.15) is 15.4 Å². The summed E-state index contributed by atoms with van der Waals surface area (Å²) in [5, 5.41) is 18.1. The van der Waals surface area contributed by atoms with E-state index in [0.29, 0.717) is 30.6 Å². The Morgan fingerprint density at radius 1 is 1.21 bits per heavy atom. The maximum absolute atomic E-state index is 12.5. The van der Waals surface area contributed by atoms with Gasteiger partial charge in [-0.05, 0) is 61.2 Å². The monoisotopic (exact) mass is 496 g/mol. The van der Waals surface area contributed by atoms with Crippen molar-refractivity contribution in [1.82, 2.24) is 25.3 Å². The first-order chi connectivity index (χ1) is 16.5. The first-order valence-corrected chi connectivity index (χ1v) is 12.5. The number of aromatic amines is 1. The van der Waals surface area contributed by atoms with Crippen molar-refractivity contribution in [2.75, 3.05) is 18.4 Å². The molecule has 1 aliphatic rings. The number of nitrogens with zero attached hydrogens (tertiary/aromatic N) is 4. The van der Waals surface area contributed by atoms with Crippen molar-refractivity contribution in [3.63, 3.8) is 0 Å². The molecule has 0 atom stereocenters. The molecule has 0 unspecified atom stereocenters. The van der Waals surface area contributed by atoms with E-state index in [4.69, 9.17) is 21.3 Å². The molecule has 8 nitrogen and oxygen atoms in total. The molecule has 0 saturated carbocycles. The highest BCUT2D eigenvalue weighted by Gasteiger charge is 2.26. The summed E-state index contributed by atoms with van der Waals surface area (Å²) in [6.07, 6.45) is 1.49. The van der Waals surface area contributed by atoms with Gasteiger partial charge < -0.3 is 15.0 Å². The van der Waals surface area contributed by atoms with E-state index in [1.165, 1.54) is 0 Å². The molecular formula is C24H25ClN6O2S. The van der Waals surface area contributed by atoms with Crippen LogP contribution in [0.5, 0.6) is 0 Å². The summed E-state index contributed by atoms with van der Waals surface area (Å²) in [6.45, 7) is 4.19. The summed E-state index contributed by atoms with van der Waals surface area (Å²) in [4.78, 5) is 19.1. The summed E-state index contributed by atoms with van der Waals surface area (Å²) in [7, 11) is 0. The average Bonchev–Trinajstić information content (AvgIpc) is 3.50. The third-order valence-corrected chi connectivity index (χ3v) is 7.20. The number of rotatable bonds is 6. The highest BCUT2D eigenvalue weighted by atomic mass is 35.5. The Hall–Kier alpha value is -3.17. The van der Waals surface area contributed by atoms with Crippen LogP contribution in [0.1, 0.15) is 40.6 Å². The predicted octanol–water partition coefficient (Wildman–Crippen LogP) is 5.50. The standard InChI is InChI=1S/C24H25ClN6O2S/c1-15-8-16(10-18(25)9-15)13-33-24(32)31-6-4-17(5-7-31)23-27-20(14-34-23)12-26-19-2-3-21-22(11-19)29-30-28-21/h2-3,8-11,14,17,26H,4-7,12-13H2,1H3,(H,28,29,30). The minimum atomic E-state index is -0.274. The number of aromatic nitrogens is 4. The number of hydrogen-bond donors (Lipinski definition) is 2. The second-order valence-corrected chi connectivity index (χ2v) is 9.84. The average molecular weight is 497 g/mol. The molecule has 1 saturated heterocycles. The van der Waals surface area contributed by atoms with Gasteiger partial charge >= 0.3 is 6.09 Å². The zero-order valence-electron chi connectivity index (χ0n) is 18.8. The molecule has 2 aromatic heterocycles. The lowest BCUT2D eigenvalue weighted by Crippen LogP contribution is -2.38. The number of aryl methyl sites for hydroxylation is 1. The van der Waals surface area contributed by atoms with E-state index in [-0.39, 0.29) is 12.7 Å². The van der Waals surface area contributed by atoms with Crippen molar-refractivity contribution < 1.29 is 9.53 Å². The summed E-state index contributed by atoms with van der Waals surface area (Å²) in [5.41, 5.74) is 5.62. The van der Waals surface area contributed by atoms with Gasteiger partial charge in [-0.15, -0.1) is 11.3 Å². The van der Waals surface area contributed by atoms with Gasteiger partial charge in [0.2, 0.25) is 0 Å². The predicted molar refractivity (Wildman–Crippen MR) is 133 cm³/mol. The Balaban J connectivity index is 1.09. The van der Waals surface area contributed by atoms with Crippen LogP contribution in [0.15, 0.2) is 41.8 Å². The molecule has 1 aliphatic heterocycles. The maximum Gasteiger partial charge on any atom is 0.410 e. The lowest BCUT2D eigenvalue weighted by molar-refractivity contribution is 0.0870. The Labute approximate surface area is 206 Å². The van der Waals surface area contributed by atoms with E-state index in [1.807, 2.05) is 43.3 Å². The number of nitrogens with one attached hydrogen (secondary N) is 2. The normalized spacial score (nSPS) is 14.5. The minimum absolute atomic E-state index is 0.229. The fraction of sp³-hybridized carbons (Fsp3) is 0.333. The molecule has 1 amide bonds. The van der Waals surface area contributed by atoms with Crippen LogP contribution >= 0.6 is 22.9 Å². The lowest BCUT2D eigenvalue weighted by Gasteiger charge is -2.30. The van der Waals surface area contributed by atoms with Crippen LogP contribution in [0.25, 0.3) is 11.0 Å². The van der Waals surface area contributed by atoms with Gasteiger partial charge in [0.15, 0.2) is 0 Å². The molecule has 0 aliphatic carbocycles. The highest BCUT2D eigenvalue weighted by Crippen LogP contribution is 2.31. The molecule has 5 rings (SSSR count). The number of piperidine rings is 1. The van der Waals surface area contributed by atoms with Crippen molar-refractivity contribution in [3.8, 4) is 0 Å². The molecule has 0 bridgehead atoms. The lowest BCUT2D eigenvalue weighted by atomic mass is 9.98. The van der Waals surface area contributed by atoms with Crippen LogP contribution in [-0.4, -0.2) is 44.5 Å². The van der Waals surface area contributed by atoms with Gasteiger partial charge in [0.05, 0.1) is 17.2 Å². The maximum atomic E-state index is 12.5. The number of halogens is 1. The summed E-state index contributed by atoms with van der Waals surface area (Å²) >= 11 is 7.78. The van der Waals surface area contributed by atoms with Crippen molar-refractivity contribution in [3.05, 3.63) is 68.6 Å². The van der Waals surface area contributed by atoms with Crippen molar-refractivity contribution in [2.45, 2.75) is 38.8 Å². The summed E-state index contributed by atoms with van der Waals surface area (Å²) in [6, 6.07) is 11.6. The second kappa shape index (κ2) is 9.99. The fourth-order valence-corrected chi connectivity index (χ4v) is 5.48. The van der Waals surface area contributed by atoms with Crippen LogP contribution in [-0.2, 0) is 17.9 Å². The van der Waals surface area contributed by atoms with Crippen LogP contribution in [0, 0.1) is 6.92 Å². The van der Waals surface area contributed by atoms with E-state index in [0.717, 1.165) is 51.4 Å². The first kappa shape index (κ1) is 22.6. The molecule has 34 heavy (non-hydrogen) atoms. The number of carbonyl (C=O) groups excluding carboxylic acids is 1. The molecule has 1 fully saturated rings. The molecule has 0 spiro atoms. The van der Waals surface area contributed by atoms with E-state index >= 15 is 0 Å². The number of hydrogen-bond acceptors (Lipinski definition) is 7. The third kappa shape index (κ3) is 5.31. The number of fused-ring (bicyclic) bond motifs is 1. The number of benzene rings is 2. The Morgan fingerprint density at radius 2 is 2.03 bits per heavy atom. The number of H-pyrrole nitrogens is 1. The largest absolute Gasteiger partial charge is 0.445 e. The molecule has 0 radical (unpaired) electrons. The quantitative estimate of drug-likeness (QED) is 0.365. The third-order valence-electron chi connectivity index (χ3n) is 5.93. The number of likely N-dealkylation sites (tertiary alicyclic amines) is 1. The number of carbonyl (C=O) groups is 1. The van der Waals surface area contributed by atoms with Crippen molar-refractivity contribution in [1.29, 1.82) is 0 Å². The van der Waals surface area contributed by atoms with E-state index in [9.17, 15) is 4.79 Å². The van der Waals surface area contributed by atoms with Crippen molar-refractivity contribution in [2.24, 2.45) is 0 Å². The molecule has 3 heterocycles. The van der Waals surface area contributed by atoms with E-state index < -0.39 is 0 Å². The van der Waals surface area contributed by atoms with Gasteiger partial charge in [-0.25, -0.2) is 9.78 Å². The van der Waals surface area contributed by atoms with Gasteiger partial charge in [-0.1, -0.05) is 17.7 Å². The summed E-state index contributed by atoms with van der Waals surface area (Å²) in [5.74, 6) is 0.366. The fourth-order valence-electron chi connectivity index (χ4n) is 4.17. The topological polar surface area (TPSA) is 96.0 Å². The van der Waals surface area contributed by atoms with Crippen molar-refractivity contribution >= 4 is 45.8 Å². The molecule has 4 aromatic rings. The molecule has 2 N–H and O–H groups in total. The molecule has 10 heteroatoms. The van der Waals surface area contributed by atoms with Gasteiger partial charge in [0, 0.05) is 35.1 Å². The number of anilines is 1. The van der Waals surface area contributed by atoms with E-state index in [1.54, 1.807) is 16.2 Å². The first-order valence-electron chi connectivity index (χ1n) is 11.2. The van der Waals surface area contributed by atoms with Crippen LogP contribution in [0.4, 0.5) is 10.5 Å². The Bertz CT molecular complexity index is 1280. The zero-order valence-corrected chi connectivity index (χ0v) is 20.3. The number of thiazole rings is 1. The molecule has 176 valence electrons. The molecule has 2 aromatic carbocycles. The summed E-state index contributed by atoms with van der Waals surface area (Å²) < 4.78 is 5.51. The number of amides is 1. The molecular weight excluding hydrogens is 472 g/mol. The SMILES string of the molecule is Cc1cc(Cl)cc(COC(=O)N2CCC(c3nc(CNc4ccc5n[nH]nc5c4)cs3)CC2)c1. The van der Waals surface area contributed by atoms with Crippen LogP contribution in [0.2, 0.25) is 5.02 Å².